The molecule has 2 atom stereocenters. The van der Waals surface area contributed by atoms with Crippen LogP contribution >= 0.6 is 22.6 Å². The van der Waals surface area contributed by atoms with Gasteiger partial charge in [0.25, 0.3) is 0 Å². The average molecular weight is 319 g/mol. The van der Waals surface area contributed by atoms with Crippen LogP contribution in [0.2, 0.25) is 0 Å². The number of hydrogen-bond acceptors (Lipinski definition) is 4. The minimum absolute atomic E-state index is 0.348. The van der Waals surface area contributed by atoms with Crippen LogP contribution in [-0.2, 0) is 4.74 Å². The fraction of sp³-hybridized carbons (Fsp3) is 0.600. The lowest BCUT2D eigenvalue weighted by atomic mass is 10.0. The van der Waals surface area contributed by atoms with Crippen LogP contribution in [0.25, 0.3) is 0 Å². The molecule has 4 nitrogen and oxygen atoms in total. The molecule has 2 rings (SSSR count). The molecule has 0 radical (unpaired) electrons. The van der Waals surface area contributed by atoms with Gasteiger partial charge < -0.3 is 10.1 Å². The fourth-order valence-electron chi connectivity index (χ4n) is 1.67. The van der Waals surface area contributed by atoms with Crippen LogP contribution in [0.5, 0.6) is 0 Å². The van der Waals surface area contributed by atoms with E-state index < -0.39 is 0 Å². The number of hydrogen-bond donors (Lipinski definition) is 1. The summed E-state index contributed by atoms with van der Waals surface area (Å²) in [7, 11) is 0. The third kappa shape index (κ3) is 3.01. The summed E-state index contributed by atoms with van der Waals surface area (Å²) < 4.78 is 6.54. The molecular weight excluding hydrogens is 305 g/mol. The van der Waals surface area contributed by atoms with Crippen molar-refractivity contribution in [1.82, 2.24) is 9.97 Å². The summed E-state index contributed by atoms with van der Waals surface area (Å²) in [6.45, 7) is 3.89. The second-order valence-corrected chi connectivity index (χ2v) is 4.98. The standard InChI is InChI=1S/C10H14IN3O/c1-7-8(2-3-15-7)4-12-10-13-5-9(11)6-14-10/h5-8H,2-4H2,1H3,(H,12,13,14). The van der Waals surface area contributed by atoms with Gasteiger partial charge in [-0.3, -0.25) is 0 Å². The third-order valence-corrected chi connectivity index (χ3v) is 3.23. The first-order valence-electron chi connectivity index (χ1n) is 5.09. The van der Waals surface area contributed by atoms with Gasteiger partial charge in [-0.05, 0) is 35.9 Å². The lowest BCUT2D eigenvalue weighted by Crippen LogP contribution is -2.21. The van der Waals surface area contributed by atoms with Gasteiger partial charge in [0, 0.05) is 35.0 Å². The Bertz CT molecular complexity index is 317. The summed E-state index contributed by atoms with van der Waals surface area (Å²) in [6.07, 6.45) is 5.09. The Morgan fingerprint density at radius 2 is 2.27 bits per heavy atom. The van der Waals surface area contributed by atoms with Crippen molar-refractivity contribution in [3.8, 4) is 0 Å². The van der Waals surface area contributed by atoms with Gasteiger partial charge in [0.2, 0.25) is 5.95 Å². The van der Waals surface area contributed by atoms with Crippen LogP contribution < -0.4 is 5.32 Å². The van der Waals surface area contributed by atoms with E-state index in [0.29, 0.717) is 18.0 Å². The predicted molar refractivity (Wildman–Crippen MR) is 66.8 cm³/mol. The highest BCUT2D eigenvalue weighted by molar-refractivity contribution is 14.1. The summed E-state index contributed by atoms with van der Waals surface area (Å²) in [4.78, 5) is 8.39. The summed E-state index contributed by atoms with van der Waals surface area (Å²) in [5.41, 5.74) is 0. The Hall–Kier alpha value is -0.430. The molecule has 1 aliphatic rings. The third-order valence-electron chi connectivity index (χ3n) is 2.68. The number of nitrogens with one attached hydrogen (secondary N) is 1. The quantitative estimate of drug-likeness (QED) is 0.865. The predicted octanol–water partition coefficient (Wildman–Crippen LogP) is 1.92. The van der Waals surface area contributed by atoms with Crippen LogP contribution in [0, 0.1) is 9.49 Å². The van der Waals surface area contributed by atoms with Crippen molar-refractivity contribution in [2.45, 2.75) is 19.4 Å². The molecule has 0 saturated carbocycles. The summed E-state index contributed by atoms with van der Waals surface area (Å²) in [5.74, 6) is 1.28. The highest BCUT2D eigenvalue weighted by Gasteiger charge is 2.23. The Kier molecular flexibility index (Phi) is 3.74. The molecule has 2 heterocycles. The Morgan fingerprint density at radius 3 is 2.87 bits per heavy atom. The van der Waals surface area contributed by atoms with Gasteiger partial charge in [0.15, 0.2) is 0 Å². The molecule has 1 aliphatic heterocycles. The Morgan fingerprint density at radius 1 is 1.53 bits per heavy atom. The number of ether oxygens (including phenoxy) is 1. The van der Waals surface area contributed by atoms with E-state index in [4.69, 9.17) is 4.74 Å². The molecular formula is C10H14IN3O. The summed E-state index contributed by atoms with van der Waals surface area (Å²) in [6, 6.07) is 0. The number of nitrogens with zero attached hydrogens (tertiary/aromatic N) is 2. The van der Waals surface area contributed by atoms with Crippen LogP contribution in [0.1, 0.15) is 13.3 Å². The molecule has 82 valence electrons. The molecule has 1 saturated heterocycles. The largest absolute Gasteiger partial charge is 0.378 e. The first kappa shape index (κ1) is 11.1. The van der Waals surface area contributed by atoms with E-state index in [9.17, 15) is 0 Å². The SMILES string of the molecule is CC1OCCC1CNc1ncc(I)cn1. The highest BCUT2D eigenvalue weighted by atomic mass is 127. The van der Waals surface area contributed by atoms with Crippen molar-refractivity contribution < 1.29 is 4.74 Å². The highest BCUT2D eigenvalue weighted by Crippen LogP contribution is 2.20. The van der Waals surface area contributed by atoms with Gasteiger partial charge in [-0.15, -0.1) is 0 Å². The average Bonchev–Trinajstić information content (AvgIpc) is 2.63. The fourth-order valence-corrected chi connectivity index (χ4v) is 1.95. The Balaban J connectivity index is 1.85. The van der Waals surface area contributed by atoms with Crippen molar-refractivity contribution in [2.24, 2.45) is 5.92 Å². The smallest absolute Gasteiger partial charge is 0.222 e. The molecule has 0 bridgehead atoms. The van der Waals surface area contributed by atoms with E-state index in [2.05, 4.69) is 44.8 Å². The Labute approximate surface area is 103 Å². The van der Waals surface area contributed by atoms with E-state index in [-0.39, 0.29) is 0 Å². The van der Waals surface area contributed by atoms with Crippen LogP contribution in [0.15, 0.2) is 12.4 Å². The van der Waals surface area contributed by atoms with Crippen molar-refractivity contribution in [1.29, 1.82) is 0 Å². The number of anilines is 1. The van der Waals surface area contributed by atoms with Gasteiger partial charge in [-0.1, -0.05) is 0 Å². The van der Waals surface area contributed by atoms with E-state index in [1.807, 2.05) is 12.4 Å². The normalized spacial score (nSPS) is 25.5. The summed E-state index contributed by atoms with van der Waals surface area (Å²) in [5, 5.41) is 3.24. The molecule has 0 spiro atoms. The van der Waals surface area contributed by atoms with E-state index in [1.54, 1.807) is 0 Å². The van der Waals surface area contributed by atoms with Gasteiger partial charge in [-0.2, -0.15) is 0 Å². The number of rotatable bonds is 3. The van der Waals surface area contributed by atoms with Crippen molar-refractivity contribution in [3.63, 3.8) is 0 Å². The zero-order valence-electron chi connectivity index (χ0n) is 8.61. The zero-order chi connectivity index (χ0) is 10.7. The van der Waals surface area contributed by atoms with Crippen LogP contribution in [0.3, 0.4) is 0 Å². The molecule has 2 unspecified atom stereocenters. The first-order chi connectivity index (χ1) is 7.25. The number of aromatic nitrogens is 2. The van der Waals surface area contributed by atoms with Crippen molar-refractivity contribution in [2.75, 3.05) is 18.5 Å². The van der Waals surface area contributed by atoms with Gasteiger partial charge in [0.05, 0.1) is 6.10 Å². The van der Waals surface area contributed by atoms with Gasteiger partial charge >= 0.3 is 0 Å². The maximum absolute atomic E-state index is 5.49. The maximum atomic E-state index is 5.49. The van der Waals surface area contributed by atoms with Crippen LogP contribution in [0.4, 0.5) is 5.95 Å². The van der Waals surface area contributed by atoms with Gasteiger partial charge in [-0.25, -0.2) is 9.97 Å². The van der Waals surface area contributed by atoms with E-state index in [0.717, 1.165) is 23.1 Å². The molecule has 1 fully saturated rings. The minimum atomic E-state index is 0.348. The monoisotopic (exact) mass is 319 g/mol. The zero-order valence-corrected chi connectivity index (χ0v) is 10.8. The van der Waals surface area contributed by atoms with E-state index in [1.165, 1.54) is 0 Å². The molecule has 0 amide bonds. The van der Waals surface area contributed by atoms with Crippen LogP contribution in [-0.4, -0.2) is 29.2 Å². The second kappa shape index (κ2) is 5.07. The first-order valence-corrected chi connectivity index (χ1v) is 6.16. The second-order valence-electron chi connectivity index (χ2n) is 3.73. The molecule has 1 aromatic rings. The van der Waals surface area contributed by atoms with Crippen molar-refractivity contribution in [3.05, 3.63) is 16.0 Å². The number of halogens is 1. The molecule has 1 aromatic heterocycles. The maximum Gasteiger partial charge on any atom is 0.222 e. The van der Waals surface area contributed by atoms with E-state index >= 15 is 0 Å². The topological polar surface area (TPSA) is 47.0 Å². The lowest BCUT2D eigenvalue weighted by molar-refractivity contribution is 0.108. The minimum Gasteiger partial charge on any atom is -0.378 e. The molecule has 1 N–H and O–H groups in total. The lowest BCUT2D eigenvalue weighted by Gasteiger charge is -2.14. The molecule has 15 heavy (non-hydrogen) atoms. The molecule has 0 aromatic carbocycles. The molecule has 0 aliphatic carbocycles. The summed E-state index contributed by atoms with van der Waals surface area (Å²) >= 11 is 2.19. The van der Waals surface area contributed by atoms with Crippen molar-refractivity contribution >= 4 is 28.5 Å². The molecule has 5 heteroatoms. The van der Waals surface area contributed by atoms with Gasteiger partial charge in [0.1, 0.15) is 0 Å².